The van der Waals surface area contributed by atoms with Crippen molar-refractivity contribution >= 4 is 11.6 Å². The highest BCUT2D eigenvalue weighted by Gasteiger charge is 2.06. The average Bonchev–Trinajstić information content (AvgIpc) is 2.68. The predicted molar refractivity (Wildman–Crippen MR) is 55.6 cm³/mol. The van der Waals surface area contributed by atoms with Crippen LogP contribution in [-0.2, 0) is 0 Å². The molecule has 0 aliphatic heterocycles. The van der Waals surface area contributed by atoms with Crippen LogP contribution in [-0.4, -0.2) is 15.0 Å². The van der Waals surface area contributed by atoms with Gasteiger partial charge >= 0.3 is 0 Å². The monoisotopic (exact) mass is 207 g/mol. The first kappa shape index (κ1) is 9.21. The fourth-order valence-corrected chi connectivity index (χ4v) is 1.27. The van der Waals surface area contributed by atoms with Crippen molar-refractivity contribution in [2.75, 3.05) is 0 Å². The highest BCUT2D eigenvalue weighted by Crippen LogP contribution is 2.16. The molecule has 1 heterocycles. The van der Waals surface area contributed by atoms with E-state index < -0.39 is 0 Å². The SMILES string of the molecule is CC(Cl)c1cn(-c2ccccc2)nn1. The minimum absolute atomic E-state index is 0.104. The lowest BCUT2D eigenvalue weighted by molar-refractivity contribution is 0.796. The Morgan fingerprint density at radius 1 is 1.29 bits per heavy atom. The molecule has 2 rings (SSSR count). The molecular weight excluding hydrogens is 198 g/mol. The zero-order chi connectivity index (χ0) is 9.97. The molecule has 3 nitrogen and oxygen atoms in total. The number of nitrogens with zero attached hydrogens (tertiary/aromatic N) is 3. The zero-order valence-electron chi connectivity index (χ0n) is 7.76. The molecule has 0 saturated heterocycles. The Labute approximate surface area is 87.3 Å². The molecule has 1 unspecified atom stereocenters. The van der Waals surface area contributed by atoms with Crippen LogP contribution in [0.3, 0.4) is 0 Å². The number of halogens is 1. The first-order chi connectivity index (χ1) is 6.77. The lowest BCUT2D eigenvalue weighted by Gasteiger charge is -1.97. The summed E-state index contributed by atoms with van der Waals surface area (Å²) in [5.41, 5.74) is 1.78. The van der Waals surface area contributed by atoms with Crippen molar-refractivity contribution < 1.29 is 0 Å². The summed E-state index contributed by atoms with van der Waals surface area (Å²) in [6.45, 7) is 1.88. The van der Waals surface area contributed by atoms with Crippen molar-refractivity contribution in [2.45, 2.75) is 12.3 Å². The maximum absolute atomic E-state index is 5.89. The van der Waals surface area contributed by atoms with Crippen LogP contribution in [0.1, 0.15) is 18.0 Å². The minimum Gasteiger partial charge on any atom is -0.220 e. The molecule has 1 aromatic heterocycles. The van der Waals surface area contributed by atoms with Crippen LogP contribution >= 0.6 is 11.6 Å². The van der Waals surface area contributed by atoms with Crippen LogP contribution in [0.5, 0.6) is 0 Å². The molecule has 2 aromatic rings. The molecule has 0 aliphatic rings. The molecule has 0 radical (unpaired) electrons. The fraction of sp³-hybridized carbons (Fsp3) is 0.200. The molecule has 0 amide bonds. The number of para-hydroxylation sites is 1. The lowest BCUT2D eigenvalue weighted by Crippen LogP contribution is -1.93. The summed E-state index contributed by atoms with van der Waals surface area (Å²) in [7, 11) is 0. The molecule has 14 heavy (non-hydrogen) atoms. The first-order valence-corrected chi connectivity index (χ1v) is 4.83. The number of benzene rings is 1. The van der Waals surface area contributed by atoms with E-state index >= 15 is 0 Å². The predicted octanol–water partition coefficient (Wildman–Crippen LogP) is 2.57. The molecule has 0 saturated carbocycles. The average molecular weight is 208 g/mol. The third-order valence-corrected chi connectivity index (χ3v) is 2.16. The third kappa shape index (κ3) is 1.77. The van der Waals surface area contributed by atoms with Crippen LogP contribution in [0, 0.1) is 0 Å². The van der Waals surface area contributed by atoms with Gasteiger partial charge in [0.05, 0.1) is 17.3 Å². The van der Waals surface area contributed by atoms with E-state index in [1.165, 1.54) is 0 Å². The van der Waals surface area contributed by atoms with Gasteiger partial charge in [0, 0.05) is 0 Å². The Kier molecular flexibility index (Phi) is 2.50. The van der Waals surface area contributed by atoms with Crippen molar-refractivity contribution in [2.24, 2.45) is 0 Å². The molecule has 1 aromatic carbocycles. The smallest absolute Gasteiger partial charge is 0.101 e. The van der Waals surface area contributed by atoms with E-state index in [0.29, 0.717) is 0 Å². The number of hydrogen-bond donors (Lipinski definition) is 0. The molecule has 0 bridgehead atoms. The Balaban J connectivity index is 2.34. The standard InChI is InChI=1S/C10H10ClN3/c1-8(11)10-7-14(13-12-10)9-5-3-2-4-6-9/h2-8H,1H3. The van der Waals surface area contributed by atoms with E-state index in [1.54, 1.807) is 4.68 Å². The molecule has 0 aliphatic carbocycles. The molecule has 72 valence electrons. The van der Waals surface area contributed by atoms with Crippen molar-refractivity contribution in [1.82, 2.24) is 15.0 Å². The molecule has 0 spiro atoms. The van der Waals surface area contributed by atoms with Gasteiger partial charge in [0.25, 0.3) is 0 Å². The van der Waals surface area contributed by atoms with Crippen molar-refractivity contribution in [1.29, 1.82) is 0 Å². The normalized spacial score (nSPS) is 12.7. The van der Waals surface area contributed by atoms with Crippen LogP contribution < -0.4 is 0 Å². The second-order valence-electron chi connectivity index (χ2n) is 3.04. The third-order valence-electron chi connectivity index (χ3n) is 1.94. The summed E-state index contributed by atoms with van der Waals surface area (Å²) in [5.74, 6) is 0. The van der Waals surface area contributed by atoms with Gasteiger partial charge in [-0.25, -0.2) is 4.68 Å². The Hall–Kier alpha value is -1.35. The highest BCUT2D eigenvalue weighted by atomic mass is 35.5. The van der Waals surface area contributed by atoms with Gasteiger partial charge in [0.1, 0.15) is 5.69 Å². The summed E-state index contributed by atoms with van der Waals surface area (Å²) in [6, 6.07) is 9.82. The number of aromatic nitrogens is 3. The Morgan fingerprint density at radius 2 is 2.00 bits per heavy atom. The first-order valence-electron chi connectivity index (χ1n) is 4.39. The van der Waals surface area contributed by atoms with Gasteiger partial charge in [0.15, 0.2) is 0 Å². The fourth-order valence-electron chi connectivity index (χ4n) is 1.17. The van der Waals surface area contributed by atoms with Gasteiger partial charge in [-0.3, -0.25) is 0 Å². The zero-order valence-corrected chi connectivity index (χ0v) is 8.52. The number of alkyl halides is 1. The van der Waals surface area contributed by atoms with Crippen molar-refractivity contribution in [3.63, 3.8) is 0 Å². The second kappa shape index (κ2) is 3.80. The maximum Gasteiger partial charge on any atom is 0.101 e. The van der Waals surface area contributed by atoms with E-state index in [1.807, 2.05) is 43.5 Å². The molecule has 1 atom stereocenters. The van der Waals surface area contributed by atoms with Gasteiger partial charge in [0.2, 0.25) is 0 Å². The van der Waals surface area contributed by atoms with Crippen LogP contribution in [0.15, 0.2) is 36.5 Å². The van der Waals surface area contributed by atoms with Crippen LogP contribution in [0.2, 0.25) is 0 Å². The summed E-state index contributed by atoms with van der Waals surface area (Å²) >= 11 is 5.89. The number of hydrogen-bond acceptors (Lipinski definition) is 2. The van der Waals surface area contributed by atoms with Gasteiger partial charge < -0.3 is 0 Å². The van der Waals surface area contributed by atoms with Gasteiger partial charge in [-0.05, 0) is 19.1 Å². The van der Waals surface area contributed by atoms with Gasteiger partial charge in [-0.2, -0.15) is 0 Å². The summed E-state index contributed by atoms with van der Waals surface area (Å²) < 4.78 is 1.72. The van der Waals surface area contributed by atoms with E-state index in [2.05, 4.69) is 10.3 Å². The summed E-state index contributed by atoms with van der Waals surface area (Å²) in [5, 5.41) is 7.86. The number of rotatable bonds is 2. The summed E-state index contributed by atoms with van der Waals surface area (Å²) in [6.07, 6.45) is 1.84. The van der Waals surface area contributed by atoms with Gasteiger partial charge in [-0.1, -0.05) is 23.4 Å². The highest BCUT2D eigenvalue weighted by molar-refractivity contribution is 6.20. The van der Waals surface area contributed by atoms with E-state index in [-0.39, 0.29) is 5.38 Å². The maximum atomic E-state index is 5.89. The molecular formula is C10H10ClN3. The van der Waals surface area contributed by atoms with E-state index in [0.717, 1.165) is 11.4 Å². The quantitative estimate of drug-likeness (QED) is 0.709. The lowest BCUT2D eigenvalue weighted by atomic mass is 10.3. The topological polar surface area (TPSA) is 30.7 Å². The Bertz CT molecular complexity index is 408. The van der Waals surface area contributed by atoms with Crippen LogP contribution in [0.25, 0.3) is 5.69 Å². The van der Waals surface area contributed by atoms with Crippen LogP contribution in [0.4, 0.5) is 0 Å². The summed E-state index contributed by atoms with van der Waals surface area (Å²) in [4.78, 5) is 0. The van der Waals surface area contributed by atoms with E-state index in [9.17, 15) is 0 Å². The van der Waals surface area contributed by atoms with E-state index in [4.69, 9.17) is 11.6 Å². The molecule has 0 N–H and O–H groups in total. The Morgan fingerprint density at radius 3 is 2.57 bits per heavy atom. The largest absolute Gasteiger partial charge is 0.220 e. The van der Waals surface area contributed by atoms with Crippen molar-refractivity contribution in [3.8, 4) is 5.69 Å². The molecule has 4 heteroatoms. The second-order valence-corrected chi connectivity index (χ2v) is 3.69. The van der Waals surface area contributed by atoms with Gasteiger partial charge in [-0.15, -0.1) is 16.7 Å². The van der Waals surface area contributed by atoms with Crippen molar-refractivity contribution in [3.05, 3.63) is 42.2 Å². The minimum atomic E-state index is -0.104. The molecule has 0 fully saturated rings.